The van der Waals surface area contributed by atoms with Gasteiger partial charge in [-0.3, -0.25) is 14.5 Å². The minimum Gasteiger partial charge on any atom is -0.449 e. The van der Waals surface area contributed by atoms with Gasteiger partial charge in [-0.1, -0.05) is 17.3 Å². The van der Waals surface area contributed by atoms with E-state index >= 15 is 0 Å². The zero-order valence-corrected chi connectivity index (χ0v) is 14.0. The Balaban J connectivity index is 1.79. The topological polar surface area (TPSA) is 102 Å². The van der Waals surface area contributed by atoms with Gasteiger partial charge in [-0.05, 0) is 32.9 Å². The Labute approximate surface area is 143 Å². The summed E-state index contributed by atoms with van der Waals surface area (Å²) in [6.45, 7) is 4.54. The number of hydrogen-bond donors (Lipinski definition) is 1. The highest BCUT2D eigenvalue weighted by atomic mass is 16.5. The minimum absolute atomic E-state index is 0.136. The van der Waals surface area contributed by atoms with Crippen molar-refractivity contribution in [3.63, 3.8) is 0 Å². The second-order valence-corrected chi connectivity index (χ2v) is 5.74. The van der Waals surface area contributed by atoms with Crippen molar-refractivity contribution < 1.29 is 23.6 Å². The lowest BCUT2D eigenvalue weighted by Gasteiger charge is -2.30. The second kappa shape index (κ2) is 6.39. The zero-order chi connectivity index (χ0) is 18.1. The fourth-order valence-corrected chi connectivity index (χ4v) is 2.69. The molecule has 3 rings (SSSR count). The number of aromatic nitrogens is 1. The van der Waals surface area contributed by atoms with E-state index in [1.54, 1.807) is 38.1 Å². The van der Waals surface area contributed by atoms with Gasteiger partial charge >= 0.3 is 5.97 Å². The van der Waals surface area contributed by atoms with Crippen LogP contribution in [0.25, 0.3) is 0 Å². The molecule has 1 aromatic carbocycles. The lowest BCUT2D eigenvalue weighted by atomic mass is 10.1. The maximum atomic E-state index is 12.7. The number of benzene rings is 1. The predicted octanol–water partition coefficient (Wildman–Crippen LogP) is 1.82. The first-order valence-corrected chi connectivity index (χ1v) is 7.72. The number of nitrogens with zero attached hydrogens (tertiary/aromatic N) is 2. The molecule has 1 aliphatic rings. The summed E-state index contributed by atoms with van der Waals surface area (Å²) in [4.78, 5) is 38.1. The molecule has 130 valence electrons. The first kappa shape index (κ1) is 16.7. The Bertz CT molecular complexity index is 838. The number of anilines is 2. The van der Waals surface area contributed by atoms with E-state index in [4.69, 9.17) is 9.26 Å². The van der Waals surface area contributed by atoms with E-state index < -0.39 is 18.0 Å². The summed E-state index contributed by atoms with van der Waals surface area (Å²) >= 11 is 0. The third-order valence-corrected chi connectivity index (χ3v) is 3.91. The van der Waals surface area contributed by atoms with Crippen molar-refractivity contribution in [1.82, 2.24) is 5.16 Å². The van der Waals surface area contributed by atoms with Crippen molar-refractivity contribution in [2.75, 3.05) is 16.8 Å². The van der Waals surface area contributed by atoms with Crippen LogP contribution in [0.4, 0.5) is 11.4 Å². The van der Waals surface area contributed by atoms with E-state index in [1.165, 1.54) is 11.8 Å². The van der Waals surface area contributed by atoms with Crippen LogP contribution in [0.3, 0.4) is 0 Å². The van der Waals surface area contributed by atoms with Gasteiger partial charge in [-0.25, -0.2) is 4.79 Å². The Morgan fingerprint density at radius 2 is 2.04 bits per heavy atom. The number of ether oxygens (including phenoxy) is 1. The van der Waals surface area contributed by atoms with Crippen LogP contribution >= 0.6 is 0 Å². The van der Waals surface area contributed by atoms with Crippen LogP contribution in [0.5, 0.6) is 0 Å². The summed E-state index contributed by atoms with van der Waals surface area (Å²) in [7, 11) is 0. The number of carbonyl (C=O) groups excluding carboxylic acids is 3. The van der Waals surface area contributed by atoms with Crippen LogP contribution in [0.1, 0.15) is 28.7 Å². The summed E-state index contributed by atoms with van der Waals surface area (Å²) in [5.74, 6) is -1.16. The van der Waals surface area contributed by atoms with Gasteiger partial charge in [-0.15, -0.1) is 0 Å². The van der Waals surface area contributed by atoms with E-state index in [-0.39, 0.29) is 18.0 Å². The standard InChI is InChI=1S/C17H17N3O5/c1-9-15(10(2)25-19-9)17(23)24-11(3)16(22)20-8-14(21)18-12-6-4-5-7-13(12)20/h4-7,11H,8H2,1-3H3,(H,18,21)/t11-/m1/s1. The molecule has 2 amide bonds. The second-order valence-electron chi connectivity index (χ2n) is 5.74. The molecule has 0 aliphatic carbocycles. The summed E-state index contributed by atoms with van der Waals surface area (Å²) in [6.07, 6.45) is -1.07. The lowest BCUT2D eigenvalue weighted by molar-refractivity contribution is -0.128. The fraction of sp³-hybridized carbons (Fsp3) is 0.294. The molecule has 1 aromatic heterocycles. The number of rotatable bonds is 3. The Morgan fingerprint density at radius 1 is 1.32 bits per heavy atom. The number of aryl methyl sites for hydroxylation is 2. The molecule has 8 heteroatoms. The van der Waals surface area contributed by atoms with Gasteiger partial charge < -0.3 is 14.6 Å². The normalized spacial score (nSPS) is 14.5. The molecule has 8 nitrogen and oxygen atoms in total. The maximum absolute atomic E-state index is 12.7. The molecule has 1 aliphatic heterocycles. The largest absolute Gasteiger partial charge is 0.449 e. The summed E-state index contributed by atoms with van der Waals surface area (Å²) in [5.41, 5.74) is 1.70. The number of esters is 1. The third kappa shape index (κ3) is 3.10. The zero-order valence-electron chi connectivity index (χ0n) is 14.0. The Hall–Kier alpha value is -3.16. The molecule has 0 radical (unpaired) electrons. The summed E-state index contributed by atoms with van der Waals surface area (Å²) < 4.78 is 10.2. The first-order chi connectivity index (χ1) is 11.9. The van der Waals surface area contributed by atoms with E-state index in [2.05, 4.69) is 10.5 Å². The molecule has 2 aromatic rings. The van der Waals surface area contributed by atoms with Crippen molar-refractivity contribution in [2.24, 2.45) is 0 Å². The molecule has 0 spiro atoms. The van der Waals surface area contributed by atoms with Gasteiger partial charge in [0, 0.05) is 0 Å². The molecule has 0 unspecified atom stereocenters. The summed E-state index contributed by atoms with van der Waals surface area (Å²) in [6, 6.07) is 6.94. The molecule has 1 N–H and O–H groups in total. The van der Waals surface area contributed by atoms with Gasteiger partial charge in [0.1, 0.15) is 17.9 Å². The number of amides is 2. The number of hydrogen-bond acceptors (Lipinski definition) is 6. The van der Waals surface area contributed by atoms with E-state index in [0.717, 1.165) is 0 Å². The van der Waals surface area contributed by atoms with E-state index in [0.29, 0.717) is 22.8 Å². The molecule has 2 heterocycles. The quantitative estimate of drug-likeness (QED) is 0.853. The lowest BCUT2D eigenvalue weighted by Crippen LogP contribution is -2.47. The van der Waals surface area contributed by atoms with Crippen LogP contribution in [-0.4, -0.2) is 35.6 Å². The molecule has 1 atom stereocenters. The van der Waals surface area contributed by atoms with Crippen LogP contribution in [0.15, 0.2) is 28.8 Å². The molecule has 0 fully saturated rings. The van der Waals surface area contributed by atoms with Crippen LogP contribution in [0.2, 0.25) is 0 Å². The molecule has 0 bridgehead atoms. The van der Waals surface area contributed by atoms with Crippen molar-refractivity contribution in [3.05, 3.63) is 41.3 Å². The van der Waals surface area contributed by atoms with E-state index in [1.807, 2.05) is 0 Å². The molecule has 25 heavy (non-hydrogen) atoms. The maximum Gasteiger partial charge on any atom is 0.344 e. The molecular formula is C17H17N3O5. The van der Waals surface area contributed by atoms with E-state index in [9.17, 15) is 14.4 Å². The Morgan fingerprint density at radius 3 is 2.72 bits per heavy atom. The highest BCUT2D eigenvalue weighted by Crippen LogP contribution is 2.29. The fourth-order valence-electron chi connectivity index (χ4n) is 2.69. The number of para-hydroxylation sites is 2. The van der Waals surface area contributed by atoms with Gasteiger partial charge in [0.05, 0.1) is 17.1 Å². The number of fused-ring (bicyclic) bond motifs is 1. The first-order valence-electron chi connectivity index (χ1n) is 7.72. The van der Waals surface area contributed by atoms with Gasteiger partial charge in [0.25, 0.3) is 5.91 Å². The third-order valence-electron chi connectivity index (χ3n) is 3.91. The van der Waals surface area contributed by atoms with Gasteiger partial charge in [-0.2, -0.15) is 0 Å². The SMILES string of the molecule is Cc1noc(C)c1C(=O)O[C@H](C)C(=O)N1CC(=O)Nc2ccccc21. The van der Waals surface area contributed by atoms with Crippen LogP contribution in [-0.2, 0) is 14.3 Å². The van der Waals surface area contributed by atoms with Crippen molar-refractivity contribution in [3.8, 4) is 0 Å². The van der Waals surface area contributed by atoms with Crippen LogP contribution in [0, 0.1) is 13.8 Å². The van der Waals surface area contributed by atoms with Crippen molar-refractivity contribution >= 4 is 29.2 Å². The number of nitrogens with one attached hydrogen (secondary N) is 1. The monoisotopic (exact) mass is 343 g/mol. The van der Waals surface area contributed by atoms with Crippen molar-refractivity contribution in [2.45, 2.75) is 26.9 Å². The molecular weight excluding hydrogens is 326 g/mol. The highest BCUT2D eigenvalue weighted by Gasteiger charge is 2.32. The predicted molar refractivity (Wildman–Crippen MR) is 88.3 cm³/mol. The Kier molecular flexibility index (Phi) is 4.26. The van der Waals surface area contributed by atoms with Gasteiger partial charge in [0.2, 0.25) is 5.91 Å². The average molecular weight is 343 g/mol. The summed E-state index contributed by atoms with van der Waals surface area (Å²) in [5, 5.41) is 6.40. The van der Waals surface area contributed by atoms with Crippen LogP contribution < -0.4 is 10.2 Å². The molecule has 0 saturated heterocycles. The van der Waals surface area contributed by atoms with Crippen molar-refractivity contribution in [1.29, 1.82) is 0 Å². The molecule has 0 saturated carbocycles. The highest BCUT2D eigenvalue weighted by molar-refractivity contribution is 6.11. The average Bonchev–Trinajstić information content (AvgIpc) is 2.91. The van der Waals surface area contributed by atoms with Gasteiger partial charge in [0.15, 0.2) is 6.10 Å². The smallest absolute Gasteiger partial charge is 0.344 e. The minimum atomic E-state index is -1.07. The number of carbonyl (C=O) groups is 3.